The Morgan fingerprint density at radius 2 is 2.00 bits per heavy atom. The van der Waals surface area contributed by atoms with Crippen LogP contribution in [0.15, 0.2) is 12.1 Å². The van der Waals surface area contributed by atoms with Crippen molar-refractivity contribution in [3.05, 3.63) is 29.3 Å². The zero-order valence-electron chi connectivity index (χ0n) is 6.51. The summed E-state index contributed by atoms with van der Waals surface area (Å²) < 4.78 is 25.2. The van der Waals surface area contributed by atoms with Gasteiger partial charge in [-0.2, -0.15) is 0 Å². The van der Waals surface area contributed by atoms with Crippen LogP contribution in [0.2, 0.25) is 0 Å². The number of aliphatic hydroxyl groups is 1. The molecular formula is C9H6F2O2. The van der Waals surface area contributed by atoms with Gasteiger partial charge in [0.05, 0.1) is 5.56 Å². The molecule has 0 unspecified atom stereocenters. The number of halogens is 2. The van der Waals surface area contributed by atoms with Crippen molar-refractivity contribution in [1.29, 1.82) is 0 Å². The van der Waals surface area contributed by atoms with E-state index in [-0.39, 0.29) is 5.56 Å². The third kappa shape index (κ3) is 2.17. The fraction of sp³-hybridized carbons (Fsp3) is 0.111. The molecule has 0 heterocycles. The molecule has 0 fully saturated rings. The molecule has 1 aromatic rings. The van der Waals surface area contributed by atoms with Crippen LogP contribution in [0.25, 0.3) is 0 Å². The number of phenols is 1. The Hall–Kier alpha value is -1.60. The van der Waals surface area contributed by atoms with Crippen LogP contribution in [0.5, 0.6) is 5.75 Å². The molecule has 4 heteroatoms. The Balaban J connectivity index is 3.20. The second-order valence-corrected chi connectivity index (χ2v) is 2.24. The third-order valence-corrected chi connectivity index (χ3v) is 1.33. The van der Waals surface area contributed by atoms with E-state index in [2.05, 4.69) is 11.8 Å². The van der Waals surface area contributed by atoms with Gasteiger partial charge in [-0.25, -0.2) is 8.78 Å². The fourth-order valence-electron chi connectivity index (χ4n) is 0.796. The van der Waals surface area contributed by atoms with Crippen molar-refractivity contribution >= 4 is 0 Å². The highest BCUT2D eigenvalue weighted by molar-refractivity contribution is 5.46. The molecule has 0 aliphatic carbocycles. The van der Waals surface area contributed by atoms with Crippen LogP contribution in [0, 0.1) is 23.5 Å². The summed E-state index contributed by atoms with van der Waals surface area (Å²) in [6.07, 6.45) is 0. The van der Waals surface area contributed by atoms with Gasteiger partial charge in [-0.05, 0) is 6.07 Å². The molecule has 1 rings (SSSR count). The molecule has 0 bridgehead atoms. The molecule has 1 aromatic carbocycles. The van der Waals surface area contributed by atoms with Gasteiger partial charge in [0.1, 0.15) is 12.4 Å². The van der Waals surface area contributed by atoms with E-state index in [0.29, 0.717) is 6.07 Å². The molecule has 0 radical (unpaired) electrons. The van der Waals surface area contributed by atoms with E-state index in [0.717, 1.165) is 6.07 Å². The average molecular weight is 184 g/mol. The fourth-order valence-corrected chi connectivity index (χ4v) is 0.796. The Kier molecular flexibility index (Phi) is 2.83. The van der Waals surface area contributed by atoms with Crippen LogP contribution in [0.1, 0.15) is 5.56 Å². The molecule has 0 spiro atoms. The highest BCUT2D eigenvalue weighted by atomic mass is 19.1. The van der Waals surface area contributed by atoms with Gasteiger partial charge < -0.3 is 10.2 Å². The van der Waals surface area contributed by atoms with Crippen molar-refractivity contribution in [1.82, 2.24) is 0 Å². The van der Waals surface area contributed by atoms with Crippen molar-refractivity contribution in [3.8, 4) is 17.6 Å². The Morgan fingerprint density at radius 1 is 1.31 bits per heavy atom. The maximum absolute atomic E-state index is 12.6. The standard InChI is InChI=1S/C9H6F2O2/c10-7-4-6(2-1-3-12)9(13)8(11)5-7/h4-5,12-13H,3H2. The smallest absolute Gasteiger partial charge is 0.169 e. The predicted molar refractivity (Wildman–Crippen MR) is 42.0 cm³/mol. The first-order valence-electron chi connectivity index (χ1n) is 3.43. The van der Waals surface area contributed by atoms with Crippen LogP contribution in [0.4, 0.5) is 8.78 Å². The number of hydrogen-bond donors (Lipinski definition) is 2. The number of rotatable bonds is 0. The van der Waals surface area contributed by atoms with Gasteiger partial charge in [0.25, 0.3) is 0 Å². The molecule has 2 N–H and O–H groups in total. The van der Waals surface area contributed by atoms with Crippen molar-refractivity contribution in [2.75, 3.05) is 6.61 Å². The van der Waals surface area contributed by atoms with E-state index >= 15 is 0 Å². The van der Waals surface area contributed by atoms with E-state index in [4.69, 9.17) is 10.2 Å². The lowest BCUT2D eigenvalue weighted by atomic mass is 10.2. The molecule has 0 aromatic heterocycles. The molecule has 0 aliphatic heterocycles. The monoisotopic (exact) mass is 184 g/mol. The van der Waals surface area contributed by atoms with E-state index in [9.17, 15) is 8.78 Å². The van der Waals surface area contributed by atoms with Gasteiger partial charge in [0.2, 0.25) is 0 Å². The largest absolute Gasteiger partial charge is 0.504 e. The third-order valence-electron chi connectivity index (χ3n) is 1.33. The normalized spacial score (nSPS) is 9.15. The summed E-state index contributed by atoms with van der Waals surface area (Å²) >= 11 is 0. The Morgan fingerprint density at radius 3 is 2.62 bits per heavy atom. The molecule has 13 heavy (non-hydrogen) atoms. The average Bonchev–Trinajstić information content (AvgIpc) is 2.09. The molecule has 2 nitrogen and oxygen atoms in total. The minimum atomic E-state index is -1.07. The summed E-state index contributed by atoms with van der Waals surface area (Å²) in [5, 5.41) is 17.3. The van der Waals surface area contributed by atoms with E-state index < -0.39 is 24.0 Å². The highest BCUT2D eigenvalue weighted by Gasteiger charge is 2.07. The summed E-state index contributed by atoms with van der Waals surface area (Å²) in [7, 11) is 0. The molecular weight excluding hydrogens is 178 g/mol. The van der Waals surface area contributed by atoms with Crippen molar-refractivity contribution in [2.45, 2.75) is 0 Å². The maximum Gasteiger partial charge on any atom is 0.169 e. The lowest BCUT2D eigenvalue weighted by Crippen LogP contribution is -1.86. The van der Waals surface area contributed by atoms with Gasteiger partial charge in [-0.15, -0.1) is 0 Å². The summed E-state index contributed by atoms with van der Waals surface area (Å²) in [5.41, 5.74) is -0.174. The first kappa shape index (κ1) is 9.49. The number of benzene rings is 1. The van der Waals surface area contributed by atoms with E-state index in [1.54, 1.807) is 0 Å². The van der Waals surface area contributed by atoms with Crippen LogP contribution in [-0.2, 0) is 0 Å². The molecule has 0 amide bonds. The van der Waals surface area contributed by atoms with Crippen LogP contribution in [-0.4, -0.2) is 16.8 Å². The van der Waals surface area contributed by atoms with Crippen LogP contribution < -0.4 is 0 Å². The van der Waals surface area contributed by atoms with Crippen molar-refractivity contribution in [2.24, 2.45) is 0 Å². The molecule has 0 saturated carbocycles. The quantitative estimate of drug-likeness (QED) is 0.591. The number of phenolic OH excluding ortho intramolecular Hbond substituents is 1. The lowest BCUT2D eigenvalue weighted by Gasteiger charge is -1.98. The minimum absolute atomic E-state index is 0.174. The van der Waals surface area contributed by atoms with E-state index in [1.807, 2.05) is 0 Å². The number of aromatic hydroxyl groups is 1. The van der Waals surface area contributed by atoms with Crippen molar-refractivity contribution in [3.63, 3.8) is 0 Å². The van der Waals surface area contributed by atoms with Gasteiger partial charge in [-0.1, -0.05) is 11.8 Å². The Labute approximate surface area is 73.4 Å². The summed E-state index contributed by atoms with van der Waals surface area (Å²) in [4.78, 5) is 0. The highest BCUT2D eigenvalue weighted by Crippen LogP contribution is 2.21. The summed E-state index contributed by atoms with van der Waals surface area (Å²) in [6, 6.07) is 1.44. The predicted octanol–water partition coefficient (Wildman–Crippen LogP) is 1.01. The van der Waals surface area contributed by atoms with E-state index in [1.165, 1.54) is 0 Å². The SMILES string of the molecule is OCC#Cc1cc(F)cc(F)c1O. The molecule has 0 atom stereocenters. The number of hydrogen-bond acceptors (Lipinski definition) is 2. The molecule has 0 aliphatic rings. The maximum atomic E-state index is 12.6. The topological polar surface area (TPSA) is 40.5 Å². The zero-order valence-corrected chi connectivity index (χ0v) is 6.51. The molecule has 68 valence electrons. The summed E-state index contributed by atoms with van der Waals surface area (Å²) in [6.45, 7) is -0.433. The lowest BCUT2D eigenvalue weighted by molar-refractivity contribution is 0.350. The van der Waals surface area contributed by atoms with Gasteiger partial charge in [-0.3, -0.25) is 0 Å². The van der Waals surface area contributed by atoms with Crippen molar-refractivity contribution < 1.29 is 19.0 Å². The zero-order chi connectivity index (χ0) is 9.84. The minimum Gasteiger partial charge on any atom is -0.504 e. The number of aliphatic hydroxyl groups excluding tert-OH is 1. The first-order chi connectivity index (χ1) is 6.15. The Bertz CT molecular complexity index is 377. The van der Waals surface area contributed by atoms with Gasteiger partial charge >= 0.3 is 0 Å². The van der Waals surface area contributed by atoms with Gasteiger partial charge in [0, 0.05) is 6.07 Å². The van der Waals surface area contributed by atoms with Gasteiger partial charge in [0.15, 0.2) is 11.6 Å². The second-order valence-electron chi connectivity index (χ2n) is 2.24. The second kappa shape index (κ2) is 3.87. The first-order valence-corrected chi connectivity index (χ1v) is 3.43. The summed E-state index contributed by atoms with van der Waals surface area (Å²) in [5.74, 6) is 1.79. The van der Waals surface area contributed by atoms with Crippen LogP contribution in [0.3, 0.4) is 0 Å². The molecule has 0 saturated heterocycles. The van der Waals surface area contributed by atoms with Crippen LogP contribution >= 0.6 is 0 Å².